The molecule has 1 aromatic rings. The molecule has 0 atom stereocenters. The normalized spacial score (nSPS) is 19.0. The minimum Gasteiger partial charge on any atom is -0.378 e. The SMILES string of the molecule is CN(CC(F)(F)F)C1CCN(C(=O)Nc2cc(N3CCOCC3)ccc2Br)CC1. The number of hydrogen-bond acceptors (Lipinski definition) is 4. The fraction of sp³-hybridized carbons (Fsp3) is 0.632. The molecule has 2 aliphatic rings. The van der Waals surface area contributed by atoms with Crippen molar-refractivity contribution in [1.82, 2.24) is 9.80 Å². The van der Waals surface area contributed by atoms with Gasteiger partial charge in [-0.05, 0) is 54.0 Å². The van der Waals surface area contributed by atoms with Crippen molar-refractivity contribution in [3.63, 3.8) is 0 Å². The number of hydrogen-bond donors (Lipinski definition) is 1. The Bertz CT molecular complexity index is 705. The number of benzene rings is 1. The molecule has 2 fully saturated rings. The number of nitrogens with zero attached hydrogens (tertiary/aromatic N) is 3. The average Bonchev–Trinajstić information content (AvgIpc) is 2.69. The topological polar surface area (TPSA) is 48.0 Å². The highest BCUT2D eigenvalue weighted by molar-refractivity contribution is 9.10. The number of anilines is 2. The summed E-state index contributed by atoms with van der Waals surface area (Å²) in [6.07, 6.45) is -3.16. The number of morpholine rings is 1. The molecule has 162 valence electrons. The van der Waals surface area contributed by atoms with Gasteiger partial charge >= 0.3 is 12.2 Å². The van der Waals surface area contributed by atoms with Gasteiger partial charge in [-0.15, -0.1) is 0 Å². The molecule has 0 bridgehead atoms. The Morgan fingerprint density at radius 3 is 2.52 bits per heavy atom. The molecule has 10 heteroatoms. The summed E-state index contributed by atoms with van der Waals surface area (Å²) in [5, 5.41) is 2.93. The maximum Gasteiger partial charge on any atom is 0.401 e. The third-order valence-corrected chi connectivity index (χ3v) is 6.06. The predicted molar refractivity (Wildman–Crippen MR) is 109 cm³/mol. The van der Waals surface area contributed by atoms with Crippen LogP contribution in [0, 0.1) is 0 Å². The van der Waals surface area contributed by atoms with E-state index in [4.69, 9.17) is 4.74 Å². The number of carbonyl (C=O) groups is 1. The van der Waals surface area contributed by atoms with Gasteiger partial charge in [-0.1, -0.05) is 0 Å². The van der Waals surface area contributed by atoms with E-state index in [1.807, 2.05) is 18.2 Å². The summed E-state index contributed by atoms with van der Waals surface area (Å²) < 4.78 is 43.9. The van der Waals surface area contributed by atoms with Gasteiger partial charge in [-0.3, -0.25) is 4.90 Å². The molecule has 29 heavy (non-hydrogen) atoms. The number of piperidine rings is 1. The van der Waals surface area contributed by atoms with E-state index >= 15 is 0 Å². The number of halogens is 4. The zero-order valence-corrected chi connectivity index (χ0v) is 17.9. The molecule has 0 unspecified atom stereocenters. The second-order valence-corrected chi connectivity index (χ2v) is 8.30. The summed E-state index contributed by atoms with van der Waals surface area (Å²) >= 11 is 3.47. The molecule has 2 saturated heterocycles. The van der Waals surface area contributed by atoms with E-state index < -0.39 is 12.7 Å². The predicted octanol–water partition coefficient (Wildman–Crippen LogP) is 3.78. The van der Waals surface area contributed by atoms with Gasteiger partial charge in [0, 0.05) is 42.4 Å². The highest BCUT2D eigenvalue weighted by Gasteiger charge is 2.33. The van der Waals surface area contributed by atoms with Crippen molar-refractivity contribution in [3.8, 4) is 0 Å². The molecule has 0 saturated carbocycles. The van der Waals surface area contributed by atoms with Gasteiger partial charge in [0.15, 0.2) is 0 Å². The van der Waals surface area contributed by atoms with Crippen molar-refractivity contribution in [2.75, 3.05) is 63.2 Å². The molecule has 2 aliphatic heterocycles. The molecule has 0 radical (unpaired) electrons. The van der Waals surface area contributed by atoms with Gasteiger partial charge in [0.2, 0.25) is 0 Å². The summed E-state index contributed by atoms with van der Waals surface area (Å²) in [5.41, 5.74) is 1.69. The largest absolute Gasteiger partial charge is 0.401 e. The number of amides is 2. The van der Waals surface area contributed by atoms with Crippen LogP contribution in [0.1, 0.15) is 12.8 Å². The maximum absolute atomic E-state index is 12.7. The number of ether oxygens (including phenoxy) is 1. The molecule has 2 amide bonds. The Morgan fingerprint density at radius 1 is 1.24 bits per heavy atom. The molecular weight excluding hydrogens is 453 g/mol. The van der Waals surface area contributed by atoms with Gasteiger partial charge < -0.3 is 19.9 Å². The fourth-order valence-corrected chi connectivity index (χ4v) is 4.09. The van der Waals surface area contributed by atoms with E-state index in [1.165, 1.54) is 11.9 Å². The highest BCUT2D eigenvalue weighted by Crippen LogP contribution is 2.29. The van der Waals surface area contributed by atoms with Crippen LogP contribution < -0.4 is 10.2 Å². The molecule has 0 aliphatic carbocycles. The quantitative estimate of drug-likeness (QED) is 0.715. The standard InChI is InChI=1S/C19H26BrF3N4O2/c1-25(13-19(21,22)23)14-4-6-27(7-5-14)18(28)24-17-12-15(2-3-16(17)20)26-8-10-29-11-9-26/h2-3,12,14H,4-11,13H2,1H3,(H,24,28). The van der Waals surface area contributed by atoms with Crippen LogP contribution in [0.15, 0.2) is 22.7 Å². The summed E-state index contributed by atoms with van der Waals surface area (Å²) in [7, 11) is 1.49. The van der Waals surface area contributed by atoms with Crippen LogP contribution in [0.5, 0.6) is 0 Å². The van der Waals surface area contributed by atoms with Crippen molar-refractivity contribution in [1.29, 1.82) is 0 Å². The van der Waals surface area contributed by atoms with Crippen LogP contribution >= 0.6 is 15.9 Å². The van der Waals surface area contributed by atoms with Crippen LogP contribution in [-0.4, -0.2) is 81.0 Å². The summed E-state index contributed by atoms with van der Waals surface area (Å²) in [5.74, 6) is 0. The lowest BCUT2D eigenvalue weighted by Crippen LogP contribution is -2.48. The monoisotopic (exact) mass is 478 g/mol. The molecule has 0 spiro atoms. The Labute approximate surface area is 177 Å². The van der Waals surface area contributed by atoms with Crippen LogP contribution in [0.4, 0.5) is 29.3 Å². The van der Waals surface area contributed by atoms with E-state index in [2.05, 4.69) is 26.1 Å². The molecule has 0 aromatic heterocycles. The van der Waals surface area contributed by atoms with Gasteiger partial charge in [0.25, 0.3) is 0 Å². The first-order valence-electron chi connectivity index (χ1n) is 9.68. The van der Waals surface area contributed by atoms with Crippen molar-refractivity contribution >= 4 is 33.3 Å². The lowest BCUT2D eigenvalue weighted by molar-refractivity contribution is -0.148. The summed E-state index contributed by atoms with van der Waals surface area (Å²) in [6.45, 7) is 2.89. The van der Waals surface area contributed by atoms with Gasteiger partial charge in [-0.2, -0.15) is 13.2 Å². The maximum atomic E-state index is 12.7. The van der Waals surface area contributed by atoms with Gasteiger partial charge in [-0.25, -0.2) is 4.79 Å². The molecule has 2 heterocycles. The minimum absolute atomic E-state index is 0.169. The first-order valence-corrected chi connectivity index (χ1v) is 10.5. The summed E-state index contributed by atoms with van der Waals surface area (Å²) in [6, 6.07) is 5.42. The van der Waals surface area contributed by atoms with E-state index in [9.17, 15) is 18.0 Å². The Balaban J connectivity index is 1.55. The Morgan fingerprint density at radius 2 is 1.90 bits per heavy atom. The smallest absolute Gasteiger partial charge is 0.378 e. The van der Waals surface area contributed by atoms with Crippen LogP contribution in [0.25, 0.3) is 0 Å². The van der Waals surface area contributed by atoms with Gasteiger partial charge in [0.05, 0.1) is 25.4 Å². The summed E-state index contributed by atoms with van der Waals surface area (Å²) in [4.78, 5) is 17.9. The zero-order valence-electron chi connectivity index (χ0n) is 16.3. The van der Waals surface area contributed by atoms with Crippen molar-refractivity contribution in [2.45, 2.75) is 25.1 Å². The lowest BCUT2D eigenvalue weighted by atomic mass is 10.0. The third-order valence-electron chi connectivity index (χ3n) is 5.37. The second kappa shape index (κ2) is 9.53. The van der Waals surface area contributed by atoms with Gasteiger partial charge in [0.1, 0.15) is 0 Å². The number of rotatable bonds is 4. The number of urea groups is 1. The Kier molecular flexibility index (Phi) is 7.28. The zero-order chi connectivity index (χ0) is 21.0. The van der Waals surface area contributed by atoms with E-state index in [0.29, 0.717) is 44.8 Å². The number of carbonyl (C=O) groups excluding carboxylic acids is 1. The van der Waals surface area contributed by atoms with Crippen molar-refractivity contribution < 1.29 is 22.7 Å². The van der Waals surface area contributed by atoms with E-state index in [1.54, 1.807) is 4.90 Å². The van der Waals surface area contributed by atoms with Crippen LogP contribution in [0.3, 0.4) is 0 Å². The molecular formula is C19H26BrF3N4O2. The number of nitrogens with one attached hydrogen (secondary N) is 1. The van der Waals surface area contributed by atoms with Crippen molar-refractivity contribution in [3.05, 3.63) is 22.7 Å². The number of likely N-dealkylation sites (tertiary alicyclic amines) is 1. The molecule has 3 rings (SSSR count). The van der Waals surface area contributed by atoms with Crippen LogP contribution in [-0.2, 0) is 4.74 Å². The molecule has 1 N–H and O–H groups in total. The van der Waals surface area contributed by atoms with Crippen LogP contribution in [0.2, 0.25) is 0 Å². The fourth-order valence-electron chi connectivity index (χ4n) is 3.74. The van der Waals surface area contributed by atoms with Crippen molar-refractivity contribution in [2.24, 2.45) is 0 Å². The average molecular weight is 479 g/mol. The highest BCUT2D eigenvalue weighted by atomic mass is 79.9. The number of alkyl halides is 3. The van der Waals surface area contributed by atoms with E-state index in [-0.39, 0.29) is 12.1 Å². The molecule has 6 nitrogen and oxygen atoms in total. The lowest BCUT2D eigenvalue weighted by Gasteiger charge is -2.37. The first-order chi connectivity index (χ1) is 13.7. The molecule has 1 aromatic carbocycles. The Hall–Kier alpha value is -1.52. The third kappa shape index (κ3) is 6.23. The second-order valence-electron chi connectivity index (χ2n) is 7.44. The minimum atomic E-state index is -4.21. The first kappa shape index (κ1) is 22.2. The van der Waals surface area contributed by atoms with E-state index in [0.717, 1.165) is 23.2 Å².